The van der Waals surface area contributed by atoms with Crippen LogP contribution in [0.3, 0.4) is 0 Å². The second-order valence-corrected chi connectivity index (χ2v) is 5.87. The Balaban J connectivity index is 1.80. The molecule has 0 saturated carbocycles. The average molecular weight is 269 g/mol. The molecule has 19 heavy (non-hydrogen) atoms. The Kier molecular flexibility index (Phi) is 5.19. The highest BCUT2D eigenvalue weighted by atomic mass is 16.5. The molecule has 0 bridgehead atoms. The van der Waals surface area contributed by atoms with E-state index in [1.54, 1.807) is 0 Å². The first-order chi connectivity index (χ1) is 9.11. The van der Waals surface area contributed by atoms with Gasteiger partial charge in [0.25, 0.3) is 0 Å². The third kappa shape index (κ3) is 3.68. The van der Waals surface area contributed by atoms with Gasteiger partial charge in [0.1, 0.15) is 0 Å². The smallest absolute Gasteiger partial charge is 0.226 e. The van der Waals surface area contributed by atoms with E-state index in [2.05, 4.69) is 11.8 Å². The van der Waals surface area contributed by atoms with Gasteiger partial charge in [0.15, 0.2) is 0 Å². The number of rotatable bonds is 3. The van der Waals surface area contributed by atoms with Gasteiger partial charge in [0.05, 0.1) is 12.7 Å². The van der Waals surface area contributed by atoms with Crippen molar-refractivity contribution in [2.24, 2.45) is 11.7 Å². The number of amides is 1. The summed E-state index contributed by atoms with van der Waals surface area (Å²) in [6.45, 7) is 9.13. The van der Waals surface area contributed by atoms with Crippen molar-refractivity contribution >= 4 is 5.91 Å². The highest BCUT2D eigenvalue weighted by Crippen LogP contribution is 2.20. The van der Waals surface area contributed by atoms with Crippen molar-refractivity contribution in [2.45, 2.75) is 38.8 Å². The molecule has 0 radical (unpaired) electrons. The van der Waals surface area contributed by atoms with Crippen molar-refractivity contribution in [3.8, 4) is 0 Å². The predicted molar refractivity (Wildman–Crippen MR) is 74.8 cm³/mol. The maximum atomic E-state index is 12.1. The minimum Gasteiger partial charge on any atom is -0.376 e. The van der Waals surface area contributed by atoms with E-state index in [-0.39, 0.29) is 11.8 Å². The summed E-state index contributed by atoms with van der Waals surface area (Å²) in [4.78, 5) is 16.6. The van der Waals surface area contributed by atoms with Gasteiger partial charge in [0.2, 0.25) is 5.91 Å². The average Bonchev–Trinajstić information content (AvgIpc) is 2.46. The van der Waals surface area contributed by atoms with E-state index in [1.165, 1.54) is 0 Å². The third-order valence-corrected chi connectivity index (χ3v) is 4.34. The molecule has 0 aromatic carbocycles. The van der Waals surface area contributed by atoms with Crippen LogP contribution < -0.4 is 5.73 Å². The van der Waals surface area contributed by atoms with Crippen LogP contribution in [0.1, 0.15) is 26.7 Å². The van der Waals surface area contributed by atoms with Crippen LogP contribution in [0.25, 0.3) is 0 Å². The molecular weight excluding hydrogens is 242 g/mol. The summed E-state index contributed by atoms with van der Waals surface area (Å²) in [6.07, 6.45) is 2.50. The van der Waals surface area contributed by atoms with Gasteiger partial charge in [-0.25, -0.2) is 0 Å². The molecule has 2 unspecified atom stereocenters. The van der Waals surface area contributed by atoms with Crippen LogP contribution in [-0.2, 0) is 9.53 Å². The molecule has 2 atom stereocenters. The lowest BCUT2D eigenvalue weighted by Crippen LogP contribution is -2.52. The molecule has 0 aliphatic carbocycles. The summed E-state index contributed by atoms with van der Waals surface area (Å²) in [7, 11) is 0. The van der Waals surface area contributed by atoms with Crippen molar-refractivity contribution in [3.63, 3.8) is 0 Å². The molecule has 2 aliphatic rings. The fraction of sp³-hybridized carbons (Fsp3) is 0.929. The Morgan fingerprint density at radius 2 is 2.05 bits per heavy atom. The Morgan fingerprint density at radius 1 is 1.37 bits per heavy atom. The molecule has 0 aromatic rings. The number of morpholine rings is 1. The number of nitrogens with two attached hydrogens (primary N) is 1. The summed E-state index contributed by atoms with van der Waals surface area (Å²) >= 11 is 0. The summed E-state index contributed by atoms with van der Waals surface area (Å²) in [5.74, 6) is 0.177. The highest BCUT2D eigenvalue weighted by molar-refractivity contribution is 5.78. The zero-order chi connectivity index (χ0) is 13.8. The summed E-state index contributed by atoms with van der Waals surface area (Å²) in [5, 5.41) is 0. The molecule has 0 spiro atoms. The minimum atomic E-state index is -0.0417. The van der Waals surface area contributed by atoms with Gasteiger partial charge < -0.3 is 15.4 Å². The maximum absolute atomic E-state index is 12.1. The number of likely N-dealkylation sites (tertiary alicyclic amines) is 1. The van der Waals surface area contributed by atoms with Gasteiger partial charge in [-0.15, -0.1) is 0 Å². The van der Waals surface area contributed by atoms with Crippen LogP contribution >= 0.6 is 0 Å². The van der Waals surface area contributed by atoms with Gasteiger partial charge >= 0.3 is 0 Å². The molecule has 2 rings (SSSR count). The molecule has 2 aliphatic heterocycles. The summed E-state index contributed by atoms with van der Waals surface area (Å²) < 4.78 is 5.58. The fourth-order valence-corrected chi connectivity index (χ4v) is 3.04. The maximum Gasteiger partial charge on any atom is 0.226 e. The number of piperidine rings is 1. The summed E-state index contributed by atoms with van der Waals surface area (Å²) in [5.41, 5.74) is 5.57. The normalized spacial score (nSPS) is 28.4. The third-order valence-electron chi connectivity index (χ3n) is 4.34. The number of carbonyl (C=O) groups is 1. The quantitative estimate of drug-likeness (QED) is 0.800. The van der Waals surface area contributed by atoms with Gasteiger partial charge in [-0.2, -0.15) is 0 Å². The number of hydrogen-bond donors (Lipinski definition) is 1. The molecule has 2 N–H and O–H groups in total. The molecule has 1 amide bonds. The summed E-state index contributed by atoms with van der Waals surface area (Å²) in [6, 6.07) is 0.614. The Morgan fingerprint density at radius 3 is 2.63 bits per heavy atom. The molecule has 2 fully saturated rings. The molecule has 5 nitrogen and oxygen atoms in total. The van der Waals surface area contributed by atoms with Crippen LogP contribution in [0.15, 0.2) is 0 Å². The Bertz CT molecular complexity index is 303. The van der Waals surface area contributed by atoms with Crippen LogP contribution in [0.2, 0.25) is 0 Å². The predicted octanol–water partition coefficient (Wildman–Crippen LogP) is 0.293. The molecule has 2 heterocycles. The van der Waals surface area contributed by atoms with Gasteiger partial charge in [-0.3, -0.25) is 9.69 Å². The van der Waals surface area contributed by atoms with Crippen molar-refractivity contribution in [1.29, 1.82) is 0 Å². The lowest BCUT2D eigenvalue weighted by atomic mass is 10.0. The van der Waals surface area contributed by atoms with Crippen molar-refractivity contribution in [3.05, 3.63) is 0 Å². The van der Waals surface area contributed by atoms with Gasteiger partial charge in [0, 0.05) is 44.7 Å². The zero-order valence-electron chi connectivity index (χ0n) is 12.2. The Labute approximate surface area is 116 Å². The minimum absolute atomic E-state index is 0.0417. The lowest BCUT2D eigenvalue weighted by Gasteiger charge is -2.42. The second-order valence-electron chi connectivity index (χ2n) is 5.87. The number of ether oxygens (including phenoxy) is 1. The van der Waals surface area contributed by atoms with Crippen LogP contribution in [0.4, 0.5) is 0 Å². The van der Waals surface area contributed by atoms with E-state index in [0.717, 1.165) is 45.6 Å². The first-order valence-electron chi connectivity index (χ1n) is 7.46. The van der Waals surface area contributed by atoms with Crippen LogP contribution in [0.5, 0.6) is 0 Å². The van der Waals surface area contributed by atoms with Gasteiger partial charge in [-0.05, 0) is 19.8 Å². The standard InChI is InChI=1S/C14H27N3O2/c1-11(9-15)14(18)16-5-3-13(4-6-16)17-7-8-19-12(2)10-17/h11-13H,3-10,15H2,1-2H3. The molecular formula is C14H27N3O2. The van der Waals surface area contributed by atoms with Gasteiger partial charge in [-0.1, -0.05) is 6.92 Å². The molecule has 2 saturated heterocycles. The molecule has 0 aromatic heterocycles. The first kappa shape index (κ1) is 14.8. The SMILES string of the molecule is CC1CN(C2CCN(C(=O)C(C)CN)CC2)CCO1. The van der Waals surface area contributed by atoms with E-state index in [9.17, 15) is 4.79 Å². The number of nitrogens with zero attached hydrogens (tertiary/aromatic N) is 2. The van der Waals surface area contributed by atoms with Crippen molar-refractivity contribution < 1.29 is 9.53 Å². The topological polar surface area (TPSA) is 58.8 Å². The fourth-order valence-electron chi connectivity index (χ4n) is 3.04. The van der Waals surface area contributed by atoms with E-state index in [1.807, 2.05) is 11.8 Å². The van der Waals surface area contributed by atoms with E-state index >= 15 is 0 Å². The highest BCUT2D eigenvalue weighted by Gasteiger charge is 2.30. The van der Waals surface area contributed by atoms with Crippen LogP contribution in [-0.4, -0.2) is 67.2 Å². The van der Waals surface area contributed by atoms with E-state index in [0.29, 0.717) is 18.7 Å². The van der Waals surface area contributed by atoms with E-state index in [4.69, 9.17) is 10.5 Å². The number of carbonyl (C=O) groups excluding carboxylic acids is 1. The molecule has 5 heteroatoms. The lowest BCUT2D eigenvalue weighted by molar-refractivity contribution is -0.136. The van der Waals surface area contributed by atoms with E-state index < -0.39 is 0 Å². The monoisotopic (exact) mass is 269 g/mol. The number of hydrogen-bond acceptors (Lipinski definition) is 4. The zero-order valence-corrected chi connectivity index (χ0v) is 12.2. The van der Waals surface area contributed by atoms with Crippen molar-refractivity contribution in [2.75, 3.05) is 39.3 Å². The first-order valence-corrected chi connectivity index (χ1v) is 7.46. The van der Waals surface area contributed by atoms with Crippen LogP contribution in [0, 0.1) is 5.92 Å². The van der Waals surface area contributed by atoms with Crippen molar-refractivity contribution in [1.82, 2.24) is 9.80 Å². The Hall–Kier alpha value is -0.650. The second kappa shape index (κ2) is 6.68. The largest absolute Gasteiger partial charge is 0.376 e. The molecule has 110 valence electrons.